The zero-order valence-corrected chi connectivity index (χ0v) is 35.8. The Labute approximate surface area is 368 Å². The highest BCUT2D eigenvalue weighted by Crippen LogP contribution is 2.25. The second-order valence-corrected chi connectivity index (χ2v) is 15.0. The first-order valence-corrected chi connectivity index (χ1v) is 20.9. The van der Waals surface area contributed by atoms with Gasteiger partial charge in [-0.3, -0.25) is 9.69 Å². The number of carbonyl (C=O) groups is 1. The summed E-state index contributed by atoms with van der Waals surface area (Å²) in [6.07, 6.45) is 1.34. The van der Waals surface area contributed by atoms with E-state index in [4.69, 9.17) is 23.0 Å². The van der Waals surface area contributed by atoms with Crippen molar-refractivity contribution in [3.8, 4) is 45.9 Å². The lowest BCUT2D eigenvalue weighted by Crippen LogP contribution is -2.29. The van der Waals surface area contributed by atoms with Crippen molar-refractivity contribution in [2.45, 2.75) is 46.7 Å². The fraction of sp³-hybridized carbons (Fsp3) is 0.189. The van der Waals surface area contributed by atoms with E-state index in [1.54, 1.807) is 0 Å². The van der Waals surface area contributed by atoms with E-state index in [-0.39, 0.29) is 6.54 Å². The molecule has 8 aromatic rings. The summed E-state index contributed by atoms with van der Waals surface area (Å²) in [5.74, 6) is 5.15. The molecule has 8 rings (SSSR count). The van der Waals surface area contributed by atoms with Gasteiger partial charge in [-0.15, -0.1) is 0 Å². The average Bonchev–Trinajstić information content (AvgIpc) is 3.86. The molecule has 0 amide bonds. The fourth-order valence-electron chi connectivity index (χ4n) is 6.86. The Morgan fingerprint density at radius 3 is 1.56 bits per heavy atom. The summed E-state index contributed by atoms with van der Waals surface area (Å²) in [6, 6.07) is 52.9. The monoisotopic (exact) mass is 841 g/mol. The Morgan fingerprint density at radius 2 is 1.02 bits per heavy atom. The number of para-hydroxylation sites is 1. The van der Waals surface area contributed by atoms with Crippen molar-refractivity contribution in [3.05, 3.63) is 203 Å². The zero-order valence-electron chi connectivity index (χ0n) is 35.8. The van der Waals surface area contributed by atoms with Crippen LogP contribution in [0.25, 0.3) is 22.9 Å². The number of rotatable bonds is 18. The van der Waals surface area contributed by atoms with Crippen LogP contribution in [-0.4, -0.2) is 45.7 Å². The number of hydrogen-bond donors (Lipinski definition) is 1. The average molecular weight is 842 g/mol. The van der Waals surface area contributed by atoms with Crippen LogP contribution in [0.4, 0.5) is 0 Å². The molecule has 0 saturated carbocycles. The molecule has 0 bridgehead atoms. The van der Waals surface area contributed by atoms with Crippen molar-refractivity contribution in [3.63, 3.8) is 0 Å². The smallest absolute Gasteiger partial charge is 0.317 e. The molecule has 0 fully saturated rings. The van der Waals surface area contributed by atoms with Crippen molar-refractivity contribution < 1.29 is 32.9 Å². The number of carboxylic acid groups (broad SMARTS) is 1. The summed E-state index contributed by atoms with van der Waals surface area (Å²) in [5, 5.41) is 9.52. The molecule has 0 aliphatic carbocycles. The van der Waals surface area contributed by atoms with Crippen LogP contribution < -0.4 is 14.2 Å². The molecule has 1 N–H and O–H groups in total. The summed E-state index contributed by atoms with van der Waals surface area (Å²) in [4.78, 5) is 22.7. The van der Waals surface area contributed by atoms with E-state index < -0.39 is 5.97 Å². The minimum absolute atomic E-state index is 0.0808. The van der Waals surface area contributed by atoms with Gasteiger partial charge in [-0.2, -0.15) is 0 Å². The number of oxazole rings is 2. The molecule has 0 saturated heterocycles. The topological polar surface area (TPSA) is 120 Å². The molecule has 6 aromatic carbocycles. The van der Waals surface area contributed by atoms with Crippen LogP contribution in [0.3, 0.4) is 0 Å². The molecule has 0 spiro atoms. The Morgan fingerprint density at radius 1 is 0.540 bits per heavy atom. The van der Waals surface area contributed by atoms with Gasteiger partial charge in [-0.1, -0.05) is 91.0 Å². The second-order valence-electron chi connectivity index (χ2n) is 15.0. The molecule has 63 heavy (non-hydrogen) atoms. The van der Waals surface area contributed by atoms with Gasteiger partial charge in [-0.25, -0.2) is 9.97 Å². The van der Waals surface area contributed by atoms with E-state index in [1.165, 1.54) is 5.56 Å². The first-order valence-electron chi connectivity index (χ1n) is 20.9. The van der Waals surface area contributed by atoms with E-state index in [0.717, 1.165) is 74.6 Å². The summed E-state index contributed by atoms with van der Waals surface area (Å²) >= 11 is 0. The van der Waals surface area contributed by atoms with Crippen LogP contribution in [0.2, 0.25) is 0 Å². The maximum atomic E-state index is 11.6. The molecule has 0 aliphatic rings. The standard InChI is InChI=1S/C34H32N2O5.C19H19NO2/c1-25-32(35-34(40-25)28-10-4-2-5-11-28)19-20-39-31-14-8-9-27(21-31)23-36(24-33(37)38)22-26-15-17-30(18-16-26)41-29-12-6-3-7-13-29;1-14-7-6-10-17(13-14)21-12-11-18-15(2)22-19(20-18)16-8-4-3-5-9-16/h2-18,21H,19-20,22-24H2,1H3,(H,37,38);3-10,13H,11-12H2,1-2H3. The molecule has 0 aliphatic heterocycles. The third kappa shape index (κ3) is 13.3. The molecule has 10 heteroatoms. The zero-order chi connectivity index (χ0) is 43.8. The predicted octanol–water partition coefficient (Wildman–Crippen LogP) is 11.7. The third-order valence-corrected chi connectivity index (χ3v) is 10.0. The van der Waals surface area contributed by atoms with Crippen molar-refractivity contribution in [1.82, 2.24) is 14.9 Å². The largest absolute Gasteiger partial charge is 0.493 e. The van der Waals surface area contributed by atoms with Crippen molar-refractivity contribution in [1.29, 1.82) is 0 Å². The number of aliphatic carboxylic acids is 1. The van der Waals surface area contributed by atoms with E-state index in [9.17, 15) is 9.90 Å². The third-order valence-electron chi connectivity index (χ3n) is 10.0. The van der Waals surface area contributed by atoms with Crippen molar-refractivity contribution in [2.24, 2.45) is 0 Å². The number of benzene rings is 6. The molecule has 0 radical (unpaired) electrons. The number of aromatic nitrogens is 2. The quantitative estimate of drug-likeness (QED) is 0.0894. The summed E-state index contributed by atoms with van der Waals surface area (Å²) < 4.78 is 29.3. The van der Waals surface area contributed by atoms with E-state index in [2.05, 4.69) is 23.0 Å². The number of hydrogen-bond acceptors (Lipinski definition) is 9. The van der Waals surface area contributed by atoms with Gasteiger partial charge in [0, 0.05) is 37.1 Å². The Hall–Kier alpha value is -7.43. The molecular weight excluding hydrogens is 791 g/mol. The van der Waals surface area contributed by atoms with Crippen LogP contribution in [0, 0.1) is 20.8 Å². The highest BCUT2D eigenvalue weighted by molar-refractivity contribution is 5.69. The maximum absolute atomic E-state index is 11.6. The Kier molecular flexibility index (Phi) is 15.2. The van der Waals surface area contributed by atoms with Gasteiger partial charge in [0.2, 0.25) is 11.8 Å². The molecule has 0 atom stereocenters. The van der Waals surface area contributed by atoms with Crippen LogP contribution in [0.5, 0.6) is 23.0 Å². The SMILES string of the molecule is Cc1cccc(OCCc2nc(-c3ccccc3)oc2C)c1.Cc1oc(-c2ccccc2)nc1CCOc1cccc(CN(CC(=O)O)Cc2ccc(Oc3ccccc3)cc2)c1. The van der Waals surface area contributed by atoms with Gasteiger partial charge in [0.1, 0.15) is 34.5 Å². The summed E-state index contributed by atoms with van der Waals surface area (Å²) in [7, 11) is 0. The van der Waals surface area contributed by atoms with Gasteiger partial charge < -0.3 is 28.2 Å². The van der Waals surface area contributed by atoms with E-state index in [1.807, 2.05) is 176 Å². The number of aryl methyl sites for hydroxylation is 3. The predicted molar refractivity (Wildman–Crippen MR) is 244 cm³/mol. The fourth-order valence-corrected chi connectivity index (χ4v) is 6.86. The van der Waals surface area contributed by atoms with Gasteiger partial charge in [0.05, 0.1) is 31.1 Å². The van der Waals surface area contributed by atoms with Gasteiger partial charge >= 0.3 is 5.97 Å². The number of nitrogens with zero attached hydrogens (tertiary/aromatic N) is 3. The molecule has 320 valence electrons. The molecule has 2 heterocycles. The summed E-state index contributed by atoms with van der Waals surface area (Å²) in [5.41, 5.74) is 6.92. The van der Waals surface area contributed by atoms with Crippen LogP contribution in [0.15, 0.2) is 173 Å². The van der Waals surface area contributed by atoms with E-state index >= 15 is 0 Å². The van der Waals surface area contributed by atoms with Gasteiger partial charge in [0.25, 0.3) is 0 Å². The maximum Gasteiger partial charge on any atom is 0.317 e. The van der Waals surface area contributed by atoms with Gasteiger partial charge in [-0.05, 0) is 110 Å². The molecular formula is C53H51N3O7. The Balaban J connectivity index is 0.000000227. The molecule has 10 nitrogen and oxygen atoms in total. The Bertz CT molecular complexity index is 2640. The normalized spacial score (nSPS) is 10.9. The first kappa shape index (κ1) is 43.7. The molecule has 2 aromatic heterocycles. The minimum Gasteiger partial charge on any atom is -0.493 e. The van der Waals surface area contributed by atoms with Gasteiger partial charge in [0.15, 0.2) is 0 Å². The van der Waals surface area contributed by atoms with E-state index in [0.29, 0.717) is 44.5 Å². The van der Waals surface area contributed by atoms with Crippen LogP contribution in [0.1, 0.15) is 39.6 Å². The number of carboxylic acids is 1. The first-order chi connectivity index (χ1) is 30.7. The lowest BCUT2D eigenvalue weighted by Gasteiger charge is -2.21. The van der Waals surface area contributed by atoms with Crippen molar-refractivity contribution >= 4 is 5.97 Å². The highest BCUT2D eigenvalue weighted by atomic mass is 16.5. The number of ether oxygens (including phenoxy) is 3. The second kappa shape index (κ2) is 21.9. The molecule has 0 unspecified atom stereocenters. The van der Waals surface area contributed by atoms with Crippen molar-refractivity contribution in [2.75, 3.05) is 19.8 Å². The highest BCUT2D eigenvalue weighted by Gasteiger charge is 2.15. The minimum atomic E-state index is -0.876. The lowest BCUT2D eigenvalue weighted by molar-refractivity contribution is -0.138. The lowest BCUT2D eigenvalue weighted by atomic mass is 10.1. The summed E-state index contributed by atoms with van der Waals surface area (Å²) in [6.45, 7) is 7.82. The van der Waals surface area contributed by atoms with Crippen LogP contribution in [-0.2, 0) is 30.7 Å². The van der Waals surface area contributed by atoms with Crippen LogP contribution >= 0.6 is 0 Å².